The molecule has 0 saturated heterocycles. The van der Waals surface area contributed by atoms with Crippen molar-refractivity contribution in [2.75, 3.05) is 11.4 Å². The minimum Gasteiger partial charge on any atom is -0.344 e. The highest BCUT2D eigenvalue weighted by Gasteiger charge is 2.10. The number of pyridine rings is 1. The van der Waals surface area contributed by atoms with E-state index in [-0.39, 0.29) is 0 Å². The van der Waals surface area contributed by atoms with Crippen molar-refractivity contribution < 1.29 is 4.79 Å². The molecule has 2 aromatic heterocycles. The Bertz CT molecular complexity index is 544. The fraction of sp³-hybridized carbons (Fsp3) is 0.250. The molecule has 6 heteroatoms. The number of aromatic nitrogens is 2. The molecular weight excluding hydrogens is 270 g/mol. The number of anilines is 1. The van der Waals surface area contributed by atoms with Crippen molar-refractivity contribution in [3.05, 3.63) is 39.4 Å². The predicted octanol–water partition coefficient (Wildman–Crippen LogP) is 2.71. The average molecular weight is 282 g/mol. The summed E-state index contributed by atoms with van der Waals surface area (Å²) < 4.78 is 0.508. The van der Waals surface area contributed by atoms with Gasteiger partial charge >= 0.3 is 0 Å². The van der Waals surface area contributed by atoms with Crippen LogP contribution < -0.4 is 4.90 Å². The van der Waals surface area contributed by atoms with Gasteiger partial charge in [-0.1, -0.05) is 17.7 Å². The largest absolute Gasteiger partial charge is 0.344 e. The Balaban J connectivity index is 2.20. The standard InChI is InChI=1S/C12H12ClN3OS/c1-9-3-2-4-11(15-9)16(5-6-17)8-10-7-14-12(13)18-10/h2-4,6-7H,5,8H2,1H3. The number of hydrogen-bond acceptors (Lipinski definition) is 5. The van der Waals surface area contributed by atoms with Crippen molar-refractivity contribution in [1.29, 1.82) is 0 Å². The van der Waals surface area contributed by atoms with Crippen LogP contribution in [0.2, 0.25) is 4.47 Å². The molecule has 0 aliphatic carbocycles. The second kappa shape index (κ2) is 5.93. The second-order valence-corrected chi connectivity index (χ2v) is 5.46. The molecule has 2 heterocycles. The van der Waals surface area contributed by atoms with Crippen LogP contribution in [0.25, 0.3) is 0 Å². The number of aryl methyl sites for hydroxylation is 1. The van der Waals surface area contributed by atoms with Gasteiger partial charge in [0.2, 0.25) is 0 Å². The first-order valence-corrected chi connectivity index (χ1v) is 6.61. The number of rotatable bonds is 5. The van der Waals surface area contributed by atoms with Gasteiger partial charge in [-0.2, -0.15) is 0 Å². The van der Waals surface area contributed by atoms with E-state index in [0.717, 1.165) is 22.7 Å². The van der Waals surface area contributed by atoms with Crippen LogP contribution in [0, 0.1) is 6.92 Å². The van der Waals surface area contributed by atoms with Crippen LogP contribution in [0.15, 0.2) is 24.4 Å². The summed E-state index contributed by atoms with van der Waals surface area (Å²) in [6.45, 7) is 2.80. The van der Waals surface area contributed by atoms with E-state index >= 15 is 0 Å². The van der Waals surface area contributed by atoms with Crippen LogP contribution in [-0.2, 0) is 11.3 Å². The maximum atomic E-state index is 10.8. The molecule has 4 nitrogen and oxygen atoms in total. The minimum atomic E-state index is 0.298. The molecule has 0 bridgehead atoms. The van der Waals surface area contributed by atoms with Gasteiger partial charge in [0.15, 0.2) is 4.47 Å². The average Bonchev–Trinajstić information content (AvgIpc) is 2.74. The number of carbonyl (C=O) groups excluding carboxylic acids is 1. The van der Waals surface area contributed by atoms with E-state index < -0.39 is 0 Å². The van der Waals surface area contributed by atoms with Gasteiger partial charge in [-0.15, -0.1) is 11.3 Å². The SMILES string of the molecule is Cc1cccc(N(CC=O)Cc2cnc(Cl)s2)n1. The molecule has 0 fully saturated rings. The molecule has 0 aliphatic heterocycles. The Hall–Kier alpha value is -1.46. The molecule has 0 N–H and O–H groups in total. The van der Waals surface area contributed by atoms with Crippen molar-refractivity contribution in [2.45, 2.75) is 13.5 Å². The fourth-order valence-electron chi connectivity index (χ4n) is 1.58. The zero-order valence-electron chi connectivity index (χ0n) is 9.84. The monoisotopic (exact) mass is 281 g/mol. The van der Waals surface area contributed by atoms with Crippen molar-refractivity contribution in [1.82, 2.24) is 9.97 Å². The van der Waals surface area contributed by atoms with E-state index in [4.69, 9.17) is 11.6 Å². The topological polar surface area (TPSA) is 46.1 Å². The summed E-state index contributed by atoms with van der Waals surface area (Å²) >= 11 is 7.21. The number of thiazole rings is 1. The quantitative estimate of drug-likeness (QED) is 0.791. The minimum absolute atomic E-state index is 0.298. The highest BCUT2D eigenvalue weighted by molar-refractivity contribution is 7.15. The summed E-state index contributed by atoms with van der Waals surface area (Å²) in [4.78, 5) is 22.1. The molecule has 0 amide bonds. The third-order valence-corrected chi connectivity index (χ3v) is 3.46. The van der Waals surface area contributed by atoms with Gasteiger partial charge in [0.1, 0.15) is 12.1 Å². The smallest absolute Gasteiger partial charge is 0.183 e. The van der Waals surface area contributed by atoms with E-state index in [9.17, 15) is 4.79 Å². The fourth-order valence-corrected chi connectivity index (χ4v) is 2.57. The van der Waals surface area contributed by atoms with Gasteiger partial charge in [0.05, 0.1) is 13.1 Å². The normalized spacial score (nSPS) is 10.3. The Morgan fingerprint density at radius 2 is 2.33 bits per heavy atom. The summed E-state index contributed by atoms with van der Waals surface area (Å²) in [6, 6.07) is 5.74. The van der Waals surface area contributed by atoms with Crippen LogP contribution in [-0.4, -0.2) is 22.8 Å². The van der Waals surface area contributed by atoms with Gasteiger partial charge < -0.3 is 9.69 Å². The third-order valence-electron chi connectivity index (χ3n) is 2.36. The highest BCUT2D eigenvalue weighted by atomic mass is 35.5. The lowest BCUT2D eigenvalue weighted by Gasteiger charge is -2.20. The molecule has 2 rings (SSSR count). The van der Waals surface area contributed by atoms with Crippen molar-refractivity contribution in [3.63, 3.8) is 0 Å². The maximum Gasteiger partial charge on any atom is 0.183 e. The Morgan fingerprint density at radius 3 is 2.94 bits per heavy atom. The predicted molar refractivity (Wildman–Crippen MR) is 73.2 cm³/mol. The molecule has 0 aliphatic rings. The molecule has 0 saturated carbocycles. The van der Waals surface area contributed by atoms with Crippen molar-refractivity contribution in [2.24, 2.45) is 0 Å². The molecule has 2 aromatic rings. The zero-order chi connectivity index (χ0) is 13.0. The first kappa shape index (κ1) is 13.0. The molecule has 0 radical (unpaired) electrons. The number of aldehydes is 1. The molecule has 0 unspecified atom stereocenters. The van der Waals surface area contributed by atoms with E-state index in [1.54, 1.807) is 6.20 Å². The van der Waals surface area contributed by atoms with Crippen molar-refractivity contribution >= 4 is 35.0 Å². The first-order chi connectivity index (χ1) is 8.69. The van der Waals surface area contributed by atoms with Crippen LogP contribution in [0.3, 0.4) is 0 Å². The van der Waals surface area contributed by atoms with E-state index in [1.165, 1.54) is 11.3 Å². The molecule has 0 spiro atoms. The third kappa shape index (κ3) is 3.27. The van der Waals surface area contributed by atoms with E-state index in [2.05, 4.69) is 9.97 Å². The molecule has 94 valence electrons. The molecule has 18 heavy (non-hydrogen) atoms. The van der Waals surface area contributed by atoms with Crippen LogP contribution >= 0.6 is 22.9 Å². The van der Waals surface area contributed by atoms with Gasteiger partial charge in [-0.3, -0.25) is 0 Å². The molecule has 0 atom stereocenters. The van der Waals surface area contributed by atoms with E-state index in [0.29, 0.717) is 17.6 Å². The number of carbonyl (C=O) groups is 1. The Morgan fingerprint density at radius 1 is 1.50 bits per heavy atom. The Labute approximate surface area is 114 Å². The summed E-state index contributed by atoms with van der Waals surface area (Å²) in [5.74, 6) is 0.784. The summed E-state index contributed by atoms with van der Waals surface area (Å²) in [5, 5.41) is 0. The lowest BCUT2D eigenvalue weighted by Crippen LogP contribution is -2.25. The van der Waals surface area contributed by atoms with Gasteiger partial charge in [0.25, 0.3) is 0 Å². The Kier molecular flexibility index (Phi) is 4.28. The number of hydrogen-bond donors (Lipinski definition) is 0. The van der Waals surface area contributed by atoms with E-state index in [1.807, 2.05) is 30.0 Å². The van der Waals surface area contributed by atoms with Crippen LogP contribution in [0.1, 0.15) is 10.6 Å². The zero-order valence-corrected chi connectivity index (χ0v) is 11.4. The van der Waals surface area contributed by atoms with Crippen LogP contribution in [0.4, 0.5) is 5.82 Å². The van der Waals surface area contributed by atoms with Gasteiger partial charge in [-0.25, -0.2) is 9.97 Å². The summed E-state index contributed by atoms with van der Waals surface area (Å²) in [5.41, 5.74) is 0.922. The molecular formula is C12H12ClN3OS. The van der Waals surface area contributed by atoms with Crippen molar-refractivity contribution in [3.8, 4) is 0 Å². The summed E-state index contributed by atoms with van der Waals surface area (Å²) in [7, 11) is 0. The molecule has 0 aromatic carbocycles. The number of nitrogens with zero attached hydrogens (tertiary/aromatic N) is 3. The highest BCUT2D eigenvalue weighted by Crippen LogP contribution is 2.21. The number of halogens is 1. The second-order valence-electron chi connectivity index (χ2n) is 3.76. The van der Waals surface area contributed by atoms with Gasteiger partial charge in [-0.05, 0) is 19.1 Å². The maximum absolute atomic E-state index is 10.8. The lowest BCUT2D eigenvalue weighted by molar-refractivity contribution is -0.106. The lowest BCUT2D eigenvalue weighted by atomic mass is 10.3. The first-order valence-electron chi connectivity index (χ1n) is 5.41. The van der Waals surface area contributed by atoms with Crippen LogP contribution in [0.5, 0.6) is 0 Å². The summed E-state index contributed by atoms with van der Waals surface area (Å²) in [6.07, 6.45) is 2.59. The van der Waals surface area contributed by atoms with Gasteiger partial charge in [0, 0.05) is 16.8 Å².